The highest BCUT2D eigenvalue weighted by Gasteiger charge is 2.32. The normalized spacial score (nSPS) is 21.4. The lowest BCUT2D eigenvalue weighted by molar-refractivity contribution is -0.384. The van der Waals surface area contributed by atoms with Gasteiger partial charge >= 0.3 is 5.97 Å². The molecule has 2 unspecified atom stereocenters. The van der Waals surface area contributed by atoms with Crippen molar-refractivity contribution >= 4 is 11.7 Å². The molecule has 1 aromatic carbocycles. The topological polar surface area (TPSA) is 95.7 Å². The van der Waals surface area contributed by atoms with Crippen molar-refractivity contribution in [1.82, 2.24) is 10.2 Å². The average Bonchev–Trinajstić information content (AvgIpc) is 2.46. The molecule has 0 amide bonds. The molecule has 1 saturated heterocycles. The number of carboxylic acids is 1. The van der Waals surface area contributed by atoms with Crippen molar-refractivity contribution in [2.45, 2.75) is 19.0 Å². The second kappa shape index (κ2) is 5.98. The molecule has 1 fully saturated rings. The number of nitrogens with zero attached hydrogens (tertiary/aromatic N) is 2. The number of non-ortho nitro benzene ring substituents is 1. The van der Waals surface area contributed by atoms with Crippen molar-refractivity contribution in [3.8, 4) is 0 Å². The summed E-state index contributed by atoms with van der Waals surface area (Å²) in [5.41, 5.74) is 0.916. The van der Waals surface area contributed by atoms with Crippen LogP contribution < -0.4 is 5.32 Å². The van der Waals surface area contributed by atoms with E-state index in [2.05, 4.69) is 5.32 Å². The second-order valence-corrected chi connectivity index (χ2v) is 4.82. The van der Waals surface area contributed by atoms with Crippen molar-refractivity contribution < 1.29 is 14.8 Å². The predicted octanol–water partition coefficient (Wildman–Crippen LogP) is 1.01. The van der Waals surface area contributed by atoms with Gasteiger partial charge in [-0.05, 0) is 12.5 Å². The minimum Gasteiger partial charge on any atom is -0.480 e. The van der Waals surface area contributed by atoms with Gasteiger partial charge in [-0.3, -0.25) is 19.8 Å². The van der Waals surface area contributed by atoms with Gasteiger partial charge in [0.2, 0.25) is 0 Å². The van der Waals surface area contributed by atoms with Crippen LogP contribution in [-0.4, -0.2) is 46.6 Å². The number of rotatable bonds is 4. The summed E-state index contributed by atoms with van der Waals surface area (Å²) >= 11 is 0. The molecule has 1 aliphatic rings. The number of carbonyl (C=O) groups is 1. The number of nitrogens with one attached hydrogen (secondary N) is 1. The molecule has 2 atom stereocenters. The second-order valence-electron chi connectivity index (χ2n) is 4.82. The van der Waals surface area contributed by atoms with Gasteiger partial charge in [0.1, 0.15) is 6.04 Å². The number of nitro benzene ring substituents is 1. The van der Waals surface area contributed by atoms with Crippen LogP contribution in [0.5, 0.6) is 0 Å². The van der Waals surface area contributed by atoms with E-state index in [1.807, 2.05) is 11.8 Å². The van der Waals surface area contributed by atoms with E-state index in [1.165, 1.54) is 12.1 Å². The molecule has 0 radical (unpaired) electrons. The number of piperazine rings is 1. The first kappa shape index (κ1) is 14.4. The molecule has 1 aromatic rings. The molecule has 2 N–H and O–H groups in total. The summed E-state index contributed by atoms with van der Waals surface area (Å²) in [6, 6.07) is 5.59. The maximum atomic E-state index is 11.3. The van der Waals surface area contributed by atoms with E-state index in [-0.39, 0.29) is 11.7 Å². The van der Waals surface area contributed by atoms with Gasteiger partial charge < -0.3 is 10.4 Å². The molecule has 0 aromatic heterocycles. The highest BCUT2D eigenvalue weighted by atomic mass is 16.6. The SMILES string of the molecule is CC(c1ccc([N+](=O)[O-])cc1)N1CCNCC1C(=O)O. The summed E-state index contributed by atoms with van der Waals surface area (Å²) in [5, 5.41) is 22.9. The zero-order chi connectivity index (χ0) is 14.7. The average molecular weight is 279 g/mol. The maximum Gasteiger partial charge on any atom is 0.322 e. The molecule has 2 rings (SSSR count). The summed E-state index contributed by atoms with van der Waals surface area (Å²) in [5.74, 6) is -0.856. The number of benzene rings is 1. The number of aliphatic carboxylic acids is 1. The summed E-state index contributed by atoms with van der Waals surface area (Å²) in [6.45, 7) is 3.70. The Kier molecular flexibility index (Phi) is 4.31. The Hall–Kier alpha value is -1.99. The first-order chi connectivity index (χ1) is 9.50. The van der Waals surface area contributed by atoms with Gasteiger partial charge in [0.15, 0.2) is 0 Å². The van der Waals surface area contributed by atoms with Gasteiger partial charge in [-0.2, -0.15) is 0 Å². The largest absolute Gasteiger partial charge is 0.480 e. The quantitative estimate of drug-likeness (QED) is 0.631. The molecule has 20 heavy (non-hydrogen) atoms. The van der Waals surface area contributed by atoms with Gasteiger partial charge in [0.25, 0.3) is 5.69 Å². The van der Waals surface area contributed by atoms with Crippen LogP contribution in [0.4, 0.5) is 5.69 Å². The lowest BCUT2D eigenvalue weighted by Gasteiger charge is -2.38. The lowest BCUT2D eigenvalue weighted by Crippen LogP contribution is -2.55. The molecular weight excluding hydrogens is 262 g/mol. The first-order valence-electron chi connectivity index (χ1n) is 6.44. The Balaban J connectivity index is 2.18. The Morgan fingerprint density at radius 1 is 1.50 bits per heavy atom. The van der Waals surface area contributed by atoms with Crippen LogP contribution >= 0.6 is 0 Å². The number of hydrogen-bond donors (Lipinski definition) is 2. The molecule has 1 aliphatic heterocycles. The third kappa shape index (κ3) is 2.94. The van der Waals surface area contributed by atoms with Crippen LogP contribution in [0.3, 0.4) is 0 Å². The van der Waals surface area contributed by atoms with Crippen LogP contribution in [0.15, 0.2) is 24.3 Å². The van der Waals surface area contributed by atoms with Crippen molar-refractivity contribution in [3.05, 3.63) is 39.9 Å². The molecule has 7 nitrogen and oxygen atoms in total. The van der Waals surface area contributed by atoms with E-state index in [9.17, 15) is 20.0 Å². The van der Waals surface area contributed by atoms with E-state index >= 15 is 0 Å². The summed E-state index contributed by atoms with van der Waals surface area (Å²) < 4.78 is 0. The van der Waals surface area contributed by atoms with Gasteiger partial charge in [-0.15, -0.1) is 0 Å². The van der Waals surface area contributed by atoms with Crippen molar-refractivity contribution in [1.29, 1.82) is 0 Å². The standard InChI is InChI=1S/C13H17N3O4/c1-9(10-2-4-11(5-3-10)16(19)20)15-7-6-14-8-12(15)13(17)18/h2-5,9,12,14H,6-8H2,1H3,(H,17,18). The number of nitro groups is 1. The molecule has 0 bridgehead atoms. The molecule has 0 spiro atoms. The summed E-state index contributed by atoms with van der Waals surface area (Å²) in [6.07, 6.45) is 0. The highest BCUT2D eigenvalue weighted by molar-refractivity contribution is 5.74. The van der Waals surface area contributed by atoms with Crippen LogP contribution in [0, 0.1) is 10.1 Å². The van der Waals surface area contributed by atoms with Crippen LogP contribution in [0.25, 0.3) is 0 Å². The van der Waals surface area contributed by atoms with E-state index in [1.54, 1.807) is 12.1 Å². The van der Waals surface area contributed by atoms with E-state index in [0.29, 0.717) is 13.1 Å². The van der Waals surface area contributed by atoms with Crippen molar-refractivity contribution in [2.75, 3.05) is 19.6 Å². The van der Waals surface area contributed by atoms with Crippen LogP contribution in [0.2, 0.25) is 0 Å². The fourth-order valence-corrected chi connectivity index (χ4v) is 2.48. The fourth-order valence-electron chi connectivity index (χ4n) is 2.48. The summed E-state index contributed by atoms with van der Waals surface area (Å²) in [7, 11) is 0. The van der Waals surface area contributed by atoms with E-state index in [4.69, 9.17) is 0 Å². The molecule has 108 valence electrons. The van der Waals surface area contributed by atoms with Gasteiger partial charge in [-0.25, -0.2) is 0 Å². The van der Waals surface area contributed by atoms with Crippen molar-refractivity contribution in [3.63, 3.8) is 0 Å². The van der Waals surface area contributed by atoms with Gasteiger partial charge in [0.05, 0.1) is 4.92 Å². The lowest BCUT2D eigenvalue weighted by atomic mass is 10.0. The monoisotopic (exact) mass is 279 g/mol. The Morgan fingerprint density at radius 2 is 2.15 bits per heavy atom. The molecule has 0 saturated carbocycles. The van der Waals surface area contributed by atoms with E-state index < -0.39 is 16.9 Å². The Morgan fingerprint density at radius 3 is 2.70 bits per heavy atom. The van der Waals surface area contributed by atoms with Crippen LogP contribution in [0.1, 0.15) is 18.5 Å². The fraction of sp³-hybridized carbons (Fsp3) is 0.462. The number of hydrogen-bond acceptors (Lipinski definition) is 5. The van der Waals surface area contributed by atoms with Crippen molar-refractivity contribution in [2.24, 2.45) is 0 Å². The van der Waals surface area contributed by atoms with Gasteiger partial charge in [-0.1, -0.05) is 12.1 Å². The highest BCUT2D eigenvalue weighted by Crippen LogP contribution is 2.25. The van der Waals surface area contributed by atoms with Gasteiger partial charge in [0, 0.05) is 37.8 Å². The molecular formula is C13H17N3O4. The molecule has 7 heteroatoms. The van der Waals surface area contributed by atoms with Crippen LogP contribution in [-0.2, 0) is 4.79 Å². The zero-order valence-corrected chi connectivity index (χ0v) is 11.2. The molecule has 0 aliphatic carbocycles. The zero-order valence-electron chi connectivity index (χ0n) is 11.2. The maximum absolute atomic E-state index is 11.3. The third-order valence-corrected chi connectivity index (χ3v) is 3.65. The molecule has 1 heterocycles. The minimum atomic E-state index is -0.856. The number of carboxylic acid groups (broad SMARTS) is 1. The third-order valence-electron chi connectivity index (χ3n) is 3.65. The Labute approximate surface area is 116 Å². The van der Waals surface area contributed by atoms with E-state index in [0.717, 1.165) is 12.1 Å². The minimum absolute atomic E-state index is 0.0380. The Bertz CT molecular complexity index is 503. The predicted molar refractivity (Wildman–Crippen MR) is 72.5 cm³/mol. The smallest absolute Gasteiger partial charge is 0.322 e. The summed E-state index contributed by atoms with van der Waals surface area (Å²) in [4.78, 5) is 23.4. The first-order valence-corrected chi connectivity index (χ1v) is 6.44.